The Morgan fingerprint density at radius 3 is 1.27 bits per heavy atom. The van der Waals surface area contributed by atoms with Crippen LogP contribution in [0.15, 0.2) is 0 Å². The van der Waals surface area contributed by atoms with Crippen molar-refractivity contribution < 1.29 is 76.4 Å². The third-order valence-electron chi connectivity index (χ3n) is 0.0500. The van der Waals surface area contributed by atoms with E-state index >= 15 is 0 Å². The molecule has 0 aliphatic rings. The van der Waals surface area contributed by atoms with Gasteiger partial charge in [0.2, 0.25) is 0 Å². The summed E-state index contributed by atoms with van der Waals surface area (Å²) < 4.78 is 8.88. The molecule has 0 radical (unpaired) electrons. The van der Waals surface area contributed by atoms with E-state index in [9.17, 15) is 0 Å². The summed E-state index contributed by atoms with van der Waals surface area (Å²) in [7, 11) is -4.64. The van der Waals surface area contributed by atoms with E-state index in [1.54, 1.807) is 0 Å². The fourth-order valence-corrected chi connectivity index (χ4v) is 0. The summed E-state index contributed by atoms with van der Waals surface area (Å²) in [6, 6.07) is 2.47. The van der Waals surface area contributed by atoms with E-state index in [-0.39, 0.29) is 57.2 Å². The number of nitriles is 2. The first kappa shape index (κ1) is 22.7. The Hall–Kier alpha value is 0.973. The minimum absolute atomic E-state index is 0. The SMILES string of the molecule is N#CC#N.O=P(O)(O)O.[H-].[Na+].[Zr]. The number of hydrogen-bond donors (Lipinski definition) is 3. The van der Waals surface area contributed by atoms with Gasteiger partial charge in [-0.25, -0.2) is 4.57 Å². The second-order valence-electron chi connectivity index (χ2n) is 0.737. The topological polar surface area (TPSA) is 125 Å². The third-order valence-corrected chi connectivity index (χ3v) is 0.0500. The zero-order valence-corrected chi connectivity index (χ0v) is 10.9. The van der Waals surface area contributed by atoms with E-state index in [2.05, 4.69) is 0 Å². The smallest absolute Gasteiger partial charge is 1.00 e. The standard InChI is InChI=1S/C2N2.Na.H3O4P.Zr.H/c3-1-2-4;;1-5(2,3)4;;/h;;(H3,1,2,3,4);;/q;+1;;;-1. The predicted molar refractivity (Wildman–Crippen MR) is 26.6 cm³/mol. The van der Waals surface area contributed by atoms with Crippen LogP contribution in [-0.2, 0) is 30.8 Å². The van der Waals surface area contributed by atoms with Gasteiger partial charge in [-0.3, -0.25) is 0 Å². The molecule has 0 saturated carbocycles. The molecule has 11 heavy (non-hydrogen) atoms. The van der Waals surface area contributed by atoms with Gasteiger partial charge in [0.25, 0.3) is 0 Å². The number of rotatable bonds is 0. The average Bonchev–Trinajstić information content (AvgIpc) is 1.61. The van der Waals surface area contributed by atoms with Crippen LogP contribution in [0, 0.1) is 22.7 Å². The van der Waals surface area contributed by atoms with Gasteiger partial charge in [-0.1, -0.05) is 0 Å². The molecular formula is C2H4N2NaO4PZr. The van der Waals surface area contributed by atoms with Gasteiger partial charge in [0.15, 0.2) is 12.1 Å². The van der Waals surface area contributed by atoms with E-state index in [0.29, 0.717) is 0 Å². The van der Waals surface area contributed by atoms with E-state index in [4.69, 9.17) is 29.8 Å². The summed E-state index contributed by atoms with van der Waals surface area (Å²) in [5.41, 5.74) is 0. The van der Waals surface area contributed by atoms with Crippen LogP contribution in [0.1, 0.15) is 1.43 Å². The maximum Gasteiger partial charge on any atom is 1.00 e. The molecule has 0 aliphatic heterocycles. The van der Waals surface area contributed by atoms with Gasteiger partial charge in [-0.05, 0) is 0 Å². The van der Waals surface area contributed by atoms with Crippen LogP contribution in [0.5, 0.6) is 0 Å². The van der Waals surface area contributed by atoms with Gasteiger partial charge in [-0.15, -0.1) is 0 Å². The van der Waals surface area contributed by atoms with Gasteiger partial charge >= 0.3 is 37.4 Å². The summed E-state index contributed by atoms with van der Waals surface area (Å²) in [5, 5.41) is 14.5. The fourth-order valence-electron chi connectivity index (χ4n) is 0. The van der Waals surface area contributed by atoms with Gasteiger partial charge in [-0.2, -0.15) is 10.5 Å². The Kier molecular flexibility index (Phi) is 27.9. The maximum atomic E-state index is 8.88. The molecule has 0 aromatic carbocycles. The van der Waals surface area contributed by atoms with Crippen molar-refractivity contribution in [3.8, 4) is 12.1 Å². The van der Waals surface area contributed by atoms with Crippen LogP contribution in [0.4, 0.5) is 0 Å². The molecule has 0 fully saturated rings. The van der Waals surface area contributed by atoms with Gasteiger partial charge < -0.3 is 16.1 Å². The average molecular weight is 265 g/mol. The second-order valence-corrected chi connectivity index (χ2v) is 1.76. The van der Waals surface area contributed by atoms with E-state index in [0.717, 1.165) is 0 Å². The summed E-state index contributed by atoms with van der Waals surface area (Å²) in [6.07, 6.45) is 0. The van der Waals surface area contributed by atoms with Crippen molar-refractivity contribution in [2.75, 3.05) is 0 Å². The van der Waals surface area contributed by atoms with Gasteiger partial charge in [0.1, 0.15) is 0 Å². The zero-order valence-electron chi connectivity index (χ0n) is 6.59. The van der Waals surface area contributed by atoms with Crippen molar-refractivity contribution in [2.24, 2.45) is 0 Å². The molecule has 0 aromatic rings. The van der Waals surface area contributed by atoms with Crippen molar-refractivity contribution in [3.63, 3.8) is 0 Å². The molecule has 9 heteroatoms. The summed E-state index contributed by atoms with van der Waals surface area (Å²) >= 11 is 0. The molecule has 56 valence electrons. The monoisotopic (exact) mass is 264 g/mol. The number of hydrogen-bond acceptors (Lipinski definition) is 3. The molecule has 0 rings (SSSR count). The maximum absolute atomic E-state index is 8.88. The van der Waals surface area contributed by atoms with Crippen molar-refractivity contribution in [2.45, 2.75) is 0 Å². The summed E-state index contributed by atoms with van der Waals surface area (Å²) in [5.74, 6) is 0. The molecule has 0 aromatic heterocycles. The van der Waals surface area contributed by atoms with Crippen LogP contribution in [-0.4, -0.2) is 14.7 Å². The normalized spacial score (nSPS) is 6.27. The third kappa shape index (κ3) is 227. The van der Waals surface area contributed by atoms with Crippen LogP contribution < -0.4 is 29.6 Å². The minimum atomic E-state index is -4.64. The molecule has 0 saturated heterocycles. The quantitative estimate of drug-likeness (QED) is 0.305. The molecule has 0 atom stereocenters. The van der Waals surface area contributed by atoms with Crippen LogP contribution in [0.25, 0.3) is 0 Å². The summed E-state index contributed by atoms with van der Waals surface area (Å²) in [6.45, 7) is 0. The van der Waals surface area contributed by atoms with Crippen LogP contribution in [0.2, 0.25) is 0 Å². The van der Waals surface area contributed by atoms with Crippen molar-refractivity contribution in [1.29, 1.82) is 10.5 Å². The minimum Gasteiger partial charge on any atom is -1.00 e. The predicted octanol–water partition coefficient (Wildman–Crippen LogP) is -3.78. The van der Waals surface area contributed by atoms with E-state index < -0.39 is 7.82 Å². The molecule has 0 unspecified atom stereocenters. The first-order valence-electron chi connectivity index (χ1n) is 1.48. The molecule has 6 nitrogen and oxygen atoms in total. The van der Waals surface area contributed by atoms with E-state index in [1.807, 2.05) is 0 Å². The molecule has 0 amide bonds. The first-order valence-corrected chi connectivity index (χ1v) is 3.04. The largest absolute Gasteiger partial charge is 1.00 e. The van der Waals surface area contributed by atoms with Crippen molar-refractivity contribution >= 4 is 7.82 Å². The molecule has 3 N–H and O–H groups in total. The Morgan fingerprint density at radius 1 is 1.18 bits per heavy atom. The molecule has 0 aliphatic carbocycles. The fraction of sp³-hybridized carbons (Fsp3) is 0. The first-order chi connectivity index (χ1) is 3.91. The summed E-state index contributed by atoms with van der Waals surface area (Å²) in [4.78, 5) is 21.6. The van der Waals surface area contributed by atoms with Crippen molar-refractivity contribution in [3.05, 3.63) is 0 Å². The number of phosphoric acid groups is 1. The van der Waals surface area contributed by atoms with Crippen molar-refractivity contribution in [1.82, 2.24) is 0 Å². The Bertz CT molecular complexity index is 176. The second kappa shape index (κ2) is 13.6. The molecule has 0 bridgehead atoms. The van der Waals surface area contributed by atoms with Gasteiger partial charge in [0.05, 0.1) is 0 Å². The van der Waals surface area contributed by atoms with Gasteiger partial charge in [0, 0.05) is 26.2 Å². The van der Waals surface area contributed by atoms with E-state index in [1.165, 1.54) is 12.1 Å². The Balaban J connectivity index is -0.0000000221. The molecule has 0 spiro atoms. The van der Waals surface area contributed by atoms with Crippen LogP contribution >= 0.6 is 7.82 Å². The molecular weight excluding hydrogens is 261 g/mol. The molecule has 0 heterocycles. The zero-order chi connectivity index (χ0) is 7.91. The Labute approximate surface area is 106 Å². The Morgan fingerprint density at radius 2 is 1.27 bits per heavy atom. The van der Waals surface area contributed by atoms with Crippen LogP contribution in [0.3, 0.4) is 0 Å². The number of nitrogens with zero attached hydrogens (tertiary/aromatic N) is 2.